The molecular formula is C13H18N2O2. The summed E-state index contributed by atoms with van der Waals surface area (Å²) in [5.41, 5.74) is 0.461. The summed E-state index contributed by atoms with van der Waals surface area (Å²) in [5, 5.41) is 8.80. The molecule has 0 amide bonds. The van der Waals surface area contributed by atoms with Crippen LogP contribution >= 0.6 is 0 Å². The van der Waals surface area contributed by atoms with Crippen molar-refractivity contribution in [1.82, 2.24) is 9.55 Å². The zero-order valence-electron chi connectivity index (χ0n) is 10.4. The van der Waals surface area contributed by atoms with Gasteiger partial charge in [-0.05, 0) is 20.3 Å². The second-order valence-electron chi connectivity index (χ2n) is 4.44. The number of carboxylic acid groups (broad SMARTS) is 1. The summed E-state index contributed by atoms with van der Waals surface area (Å²) in [5.74, 6) is -0.752. The fourth-order valence-electron chi connectivity index (χ4n) is 1.31. The molecule has 0 spiro atoms. The van der Waals surface area contributed by atoms with Crippen LogP contribution in [-0.4, -0.2) is 20.6 Å². The fraction of sp³-hybridized carbons (Fsp3) is 0.385. The largest absolute Gasteiger partial charge is 0.481 e. The number of carbonyl (C=O) groups is 1. The van der Waals surface area contributed by atoms with Gasteiger partial charge in [-0.25, -0.2) is 4.98 Å². The molecule has 4 heteroatoms. The topological polar surface area (TPSA) is 55.1 Å². The van der Waals surface area contributed by atoms with Crippen molar-refractivity contribution < 1.29 is 9.90 Å². The summed E-state index contributed by atoms with van der Waals surface area (Å²) in [7, 11) is 1.94. The SMILES string of the molecule is CC1=CCC(C)(C(=O)O)C=C1.Cn1ccnc1. The molecule has 1 unspecified atom stereocenters. The zero-order chi connectivity index (χ0) is 12.9. The van der Waals surface area contributed by atoms with Gasteiger partial charge in [0.1, 0.15) is 0 Å². The van der Waals surface area contributed by atoms with Crippen molar-refractivity contribution in [1.29, 1.82) is 0 Å². The minimum absolute atomic E-state index is 0.602. The third-order valence-corrected chi connectivity index (χ3v) is 2.69. The molecule has 0 fully saturated rings. The first-order valence-electron chi connectivity index (χ1n) is 5.45. The molecule has 0 aromatic carbocycles. The van der Waals surface area contributed by atoms with Crippen LogP contribution in [0.15, 0.2) is 42.5 Å². The van der Waals surface area contributed by atoms with Crippen LogP contribution < -0.4 is 0 Å². The quantitative estimate of drug-likeness (QED) is 0.811. The van der Waals surface area contributed by atoms with Crippen LogP contribution in [0.3, 0.4) is 0 Å². The van der Waals surface area contributed by atoms with Crippen molar-refractivity contribution in [3.8, 4) is 0 Å². The molecule has 92 valence electrons. The van der Waals surface area contributed by atoms with E-state index in [9.17, 15) is 4.79 Å². The van der Waals surface area contributed by atoms with Crippen LogP contribution in [0.25, 0.3) is 0 Å². The third-order valence-electron chi connectivity index (χ3n) is 2.69. The van der Waals surface area contributed by atoms with Crippen LogP contribution in [0.4, 0.5) is 0 Å². The van der Waals surface area contributed by atoms with Crippen molar-refractivity contribution in [2.24, 2.45) is 12.5 Å². The molecule has 1 aromatic rings. The van der Waals surface area contributed by atoms with Gasteiger partial charge in [0.25, 0.3) is 0 Å². The number of allylic oxidation sites excluding steroid dienone is 3. The number of nitrogens with zero attached hydrogens (tertiary/aromatic N) is 2. The minimum atomic E-state index is -0.752. The summed E-state index contributed by atoms with van der Waals surface area (Å²) in [4.78, 5) is 14.5. The van der Waals surface area contributed by atoms with E-state index in [2.05, 4.69) is 4.98 Å². The Morgan fingerprint density at radius 3 is 2.59 bits per heavy atom. The van der Waals surface area contributed by atoms with Gasteiger partial charge in [-0.2, -0.15) is 0 Å². The normalized spacial score (nSPS) is 22.4. The average molecular weight is 234 g/mol. The number of aliphatic carboxylic acids is 1. The zero-order valence-corrected chi connectivity index (χ0v) is 10.4. The van der Waals surface area contributed by atoms with Crippen molar-refractivity contribution in [3.05, 3.63) is 42.5 Å². The maximum atomic E-state index is 10.7. The Morgan fingerprint density at radius 2 is 2.29 bits per heavy atom. The number of imidazole rings is 1. The summed E-state index contributed by atoms with van der Waals surface area (Å²) >= 11 is 0. The predicted octanol–water partition coefficient (Wildman–Crippen LogP) is 2.40. The van der Waals surface area contributed by atoms with E-state index in [1.807, 2.05) is 36.9 Å². The standard InChI is InChI=1S/C9H12O2.C4H6N2/c1-7-3-5-9(2,6-4-7)8(10)11;1-6-3-2-5-4-6/h3-5H,6H2,1-2H3,(H,10,11);2-4H,1H3. The highest BCUT2D eigenvalue weighted by Crippen LogP contribution is 2.29. The molecule has 1 atom stereocenters. The maximum absolute atomic E-state index is 10.7. The highest BCUT2D eigenvalue weighted by atomic mass is 16.4. The number of aryl methyl sites for hydroxylation is 1. The van der Waals surface area contributed by atoms with Crippen LogP contribution in [0.1, 0.15) is 20.3 Å². The Balaban J connectivity index is 0.000000202. The lowest BCUT2D eigenvalue weighted by Crippen LogP contribution is -2.25. The monoisotopic (exact) mass is 234 g/mol. The van der Waals surface area contributed by atoms with Crippen molar-refractivity contribution in [2.75, 3.05) is 0 Å². The summed E-state index contributed by atoms with van der Waals surface area (Å²) in [6, 6.07) is 0. The first-order chi connectivity index (χ1) is 7.94. The smallest absolute Gasteiger partial charge is 0.313 e. The van der Waals surface area contributed by atoms with E-state index in [1.54, 1.807) is 25.5 Å². The van der Waals surface area contributed by atoms with Crippen molar-refractivity contribution >= 4 is 5.97 Å². The Morgan fingerprint density at radius 1 is 1.59 bits per heavy atom. The van der Waals surface area contributed by atoms with Gasteiger partial charge < -0.3 is 9.67 Å². The summed E-state index contributed by atoms with van der Waals surface area (Å²) in [6.07, 6.45) is 11.6. The number of hydrogen-bond acceptors (Lipinski definition) is 2. The minimum Gasteiger partial charge on any atom is -0.481 e. The Bertz CT molecular complexity index is 432. The predicted molar refractivity (Wildman–Crippen MR) is 66.5 cm³/mol. The maximum Gasteiger partial charge on any atom is 0.313 e. The molecule has 17 heavy (non-hydrogen) atoms. The molecule has 2 rings (SSSR count). The molecule has 0 saturated heterocycles. The van der Waals surface area contributed by atoms with Crippen LogP contribution in [0, 0.1) is 5.41 Å². The highest BCUT2D eigenvalue weighted by Gasteiger charge is 2.30. The van der Waals surface area contributed by atoms with E-state index >= 15 is 0 Å². The molecule has 0 radical (unpaired) electrons. The van der Waals surface area contributed by atoms with E-state index in [0.29, 0.717) is 6.42 Å². The van der Waals surface area contributed by atoms with Gasteiger partial charge in [0, 0.05) is 19.4 Å². The van der Waals surface area contributed by atoms with Crippen molar-refractivity contribution in [3.63, 3.8) is 0 Å². The lowest BCUT2D eigenvalue weighted by atomic mass is 9.82. The van der Waals surface area contributed by atoms with Gasteiger partial charge in [-0.15, -0.1) is 0 Å². The van der Waals surface area contributed by atoms with E-state index in [1.165, 1.54) is 0 Å². The second-order valence-corrected chi connectivity index (χ2v) is 4.44. The van der Waals surface area contributed by atoms with Crippen LogP contribution in [0.2, 0.25) is 0 Å². The van der Waals surface area contributed by atoms with E-state index in [-0.39, 0.29) is 0 Å². The first kappa shape index (κ1) is 13.2. The number of carboxylic acids is 1. The highest BCUT2D eigenvalue weighted by molar-refractivity contribution is 5.77. The molecule has 1 aliphatic rings. The molecule has 1 aromatic heterocycles. The fourth-order valence-corrected chi connectivity index (χ4v) is 1.31. The lowest BCUT2D eigenvalue weighted by Gasteiger charge is -2.21. The molecule has 1 aliphatic carbocycles. The Kier molecular flexibility index (Phi) is 4.26. The first-order valence-corrected chi connectivity index (χ1v) is 5.45. The number of hydrogen-bond donors (Lipinski definition) is 1. The molecule has 0 aliphatic heterocycles. The number of aromatic nitrogens is 2. The van der Waals surface area contributed by atoms with Crippen molar-refractivity contribution in [2.45, 2.75) is 20.3 Å². The molecule has 4 nitrogen and oxygen atoms in total. The number of rotatable bonds is 1. The lowest BCUT2D eigenvalue weighted by molar-refractivity contribution is -0.145. The van der Waals surface area contributed by atoms with Gasteiger partial charge in [-0.3, -0.25) is 4.79 Å². The second kappa shape index (κ2) is 5.48. The van der Waals surface area contributed by atoms with Crippen LogP contribution in [-0.2, 0) is 11.8 Å². The molecular weight excluding hydrogens is 216 g/mol. The molecule has 1 heterocycles. The van der Waals surface area contributed by atoms with E-state index in [4.69, 9.17) is 5.11 Å². The molecule has 0 saturated carbocycles. The summed E-state index contributed by atoms with van der Waals surface area (Å²) < 4.78 is 1.89. The molecule has 0 bridgehead atoms. The van der Waals surface area contributed by atoms with Gasteiger partial charge in [-0.1, -0.05) is 23.8 Å². The van der Waals surface area contributed by atoms with Crippen LogP contribution in [0.5, 0.6) is 0 Å². The van der Waals surface area contributed by atoms with E-state index in [0.717, 1.165) is 5.57 Å². The van der Waals surface area contributed by atoms with Gasteiger partial charge in [0.15, 0.2) is 0 Å². The van der Waals surface area contributed by atoms with Gasteiger partial charge in [0.2, 0.25) is 0 Å². The third kappa shape index (κ3) is 3.90. The Hall–Kier alpha value is -1.84. The molecule has 1 N–H and O–H groups in total. The van der Waals surface area contributed by atoms with E-state index < -0.39 is 11.4 Å². The van der Waals surface area contributed by atoms with Gasteiger partial charge in [0.05, 0.1) is 11.7 Å². The average Bonchev–Trinajstić information content (AvgIpc) is 2.75. The summed E-state index contributed by atoms with van der Waals surface area (Å²) in [6.45, 7) is 3.70. The Labute approximate surface area is 101 Å². The van der Waals surface area contributed by atoms with Gasteiger partial charge >= 0.3 is 5.97 Å².